The van der Waals surface area contributed by atoms with Crippen molar-refractivity contribution in [3.8, 4) is 0 Å². The Morgan fingerprint density at radius 1 is 1.09 bits per heavy atom. The lowest BCUT2D eigenvalue weighted by molar-refractivity contribution is -0.116. The van der Waals surface area contributed by atoms with Gasteiger partial charge in [0.2, 0.25) is 5.91 Å². The number of nitrogens with one attached hydrogen (secondary N) is 1. The SMILES string of the molecule is COC(=O)c1ccc(NC(=O)Cn2cnc3c(nnn3Cc3ccc(F)cc3)c2=O)cc1. The van der Waals surface area contributed by atoms with Gasteiger partial charge in [0.15, 0.2) is 11.2 Å². The van der Waals surface area contributed by atoms with Crippen molar-refractivity contribution in [1.29, 1.82) is 0 Å². The van der Waals surface area contributed by atoms with E-state index < -0.39 is 17.4 Å². The fourth-order valence-electron chi connectivity index (χ4n) is 3.03. The van der Waals surface area contributed by atoms with Crippen molar-refractivity contribution >= 4 is 28.7 Å². The second kappa shape index (κ2) is 8.76. The largest absolute Gasteiger partial charge is 0.465 e. The number of nitrogens with zero attached hydrogens (tertiary/aromatic N) is 5. The van der Waals surface area contributed by atoms with Gasteiger partial charge >= 0.3 is 5.97 Å². The second-order valence-electron chi connectivity index (χ2n) is 6.84. The van der Waals surface area contributed by atoms with Gasteiger partial charge in [-0.15, -0.1) is 5.10 Å². The molecule has 2 heterocycles. The molecule has 4 rings (SSSR count). The normalized spacial score (nSPS) is 10.8. The minimum atomic E-state index is -0.517. The molecule has 0 fully saturated rings. The van der Waals surface area contributed by atoms with Crippen molar-refractivity contribution in [2.24, 2.45) is 0 Å². The molecule has 0 aliphatic carbocycles. The first-order valence-electron chi connectivity index (χ1n) is 9.46. The molecule has 0 aliphatic rings. The van der Waals surface area contributed by atoms with Crippen LogP contribution in [0.15, 0.2) is 59.7 Å². The quantitative estimate of drug-likeness (QED) is 0.456. The molecular weight excluding hydrogens is 419 g/mol. The molecule has 0 bridgehead atoms. The zero-order chi connectivity index (χ0) is 22.7. The third kappa shape index (κ3) is 4.36. The molecule has 0 aliphatic heterocycles. The zero-order valence-corrected chi connectivity index (χ0v) is 16.9. The Bertz CT molecular complexity index is 1350. The van der Waals surface area contributed by atoms with Crippen molar-refractivity contribution < 1.29 is 18.7 Å². The van der Waals surface area contributed by atoms with Crippen LogP contribution in [0.1, 0.15) is 15.9 Å². The summed E-state index contributed by atoms with van der Waals surface area (Å²) in [6, 6.07) is 12.0. The highest BCUT2D eigenvalue weighted by Crippen LogP contribution is 2.11. The number of amides is 1. The summed E-state index contributed by atoms with van der Waals surface area (Å²) in [7, 11) is 1.28. The first-order valence-corrected chi connectivity index (χ1v) is 9.46. The first-order chi connectivity index (χ1) is 15.4. The molecule has 1 amide bonds. The molecule has 0 spiro atoms. The van der Waals surface area contributed by atoms with Gasteiger partial charge in [-0.25, -0.2) is 18.9 Å². The third-order valence-corrected chi connectivity index (χ3v) is 4.64. The molecule has 2 aromatic heterocycles. The fourth-order valence-corrected chi connectivity index (χ4v) is 3.03. The summed E-state index contributed by atoms with van der Waals surface area (Å²) in [5.74, 6) is -1.30. The Kier molecular flexibility index (Phi) is 5.71. The van der Waals surface area contributed by atoms with E-state index in [1.807, 2.05) is 0 Å². The molecule has 162 valence electrons. The topological polar surface area (TPSA) is 121 Å². The standard InChI is InChI=1S/C21H17FN6O4/c1-32-21(31)14-4-8-16(9-5-14)24-17(29)11-27-12-23-19-18(20(27)30)25-26-28(19)10-13-2-6-15(22)7-3-13/h2-9,12H,10-11H2,1H3,(H,24,29). The predicted molar refractivity (Wildman–Crippen MR) is 111 cm³/mol. The molecule has 32 heavy (non-hydrogen) atoms. The summed E-state index contributed by atoms with van der Waals surface area (Å²) in [5, 5.41) is 10.5. The van der Waals surface area contributed by atoms with Crippen LogP contribution >= 0.6 is 0 Å². The van der Waals surface area contributed by atoms with E-state index >= 15 is 0 Å². The maximum atomic E-state index is 13.1. The van der Waals surface area contributed by atoms with Gasteiger partial charge < -0.3 is 10.1 Å². The molecule has 0 radical (unpaired) electrons. The number of esters is 1. The number of fused-ring (bicyclic) bond motifs is 1. The number of rotatable bonds is 6. The van der Waals surface area contributed by atoms with Gasteiger partial charge in [-0.2, -0.15) is 0 Å². The van der Waals surface area contributed by atoms with E-state index in [-0.39, 0.29) is 30.1 Å². The molecule has 2 aromatic carbocycles. The van der Waals surface area contributed by atoms with Crippen LogP contribution in [0.25, 0.3) is 11.2 Å². The Hall–Kier alpha value is -4.41. The average Bonchev–Trinajstić information content (AvgIpc) is 3.20. The van der Waals surface area contributed by atoms with Crippen molar-refractivity contribution in [2.45, 2.75) is 13.1 Å². The summed E-state index contributed by atoms with van der Waals surface area (Å²) < 4.78 is 20.3. The van der Waals surface area contributed by atoms with Gasteiger partial charge in [0, 0.05) is 5.69 Å². The summed E-state index contributed by atoms with van der Waals surface area (Å²) in [5.41, 5.74) is 1.33. The number of halogens is 1. The van der Waals surface area contributed by atoms with Crippen LogP contribution in [0.2, 0.25) is 0 Å². The molecule has 0 saturated carbocycles. The van der Waals surface area contributed by atoms with E-state index in [0.717, 1.165) is 10.1 Å². The Labute approximate surface area is 180 Å². The number of hydrogen-bond donors (Lipinski definition) is 1. The van der Waals surface area contributed by atoms with Crippen LogP contribution in [0.4, 0.5) is 10.1 Å². The lowest BCUT2D eigenvalue weighted by Crippen LogP contribution is -2.28. The minimum Gasteiger partial charge on any atom is -0.465 e. The van der Waals surface area contributed by atoms with Crippen molar-refractivity contribution in [2.75, 3.05) is 12.4 Å². The van der Waals surface area contributed by atoms with E-state index in [1.165, 1.54) is 42.4 Å². The number of benzene rings is 2. The summed E-state index contributed by atoms with van der Waals surface area (Å²) in [6.45, 7) is -0.0271. The van der Waals surface area contributed by atoms with Crippen LogP contribution in [-0.4, -0.2) is 43.5 Å². The van der Waals surface area contributed by atoms with Crippen molar-refractivity contribution in [3.05, 3.63) is 82.2 Å². The summed E-state index contributed by atoms with van der Waals surface area (Å²) in [4.78, 5) is 40.7. The summed E-state index contributed by atoms with van der Waals surface area (Å²) >= 11 is 0. The van der Waals surface area contributed by atoms with E-state index in [2.05, 4.69) is 25.3 Å². The number of methoxy groups -OCH3 is 1. The van der Waals surface area contributed by atoms with Crippen LogP contribution in [0.3, 0.4) is 0 Å². The van der Waals surface area contributed by atoms with Gasteiger partial charge in [0.05, 0.1) is 19.2 Å². The smallest absolute Gasteiger partial charge is 0.337 e. The number of aromatic nitrogens is 5. The number of carbonyl (C=O) groups excluding carboxylic acids is 2. The van der Waals surface area contributed by atoms with E-state index in [1.54, 1.807) is 24.3 Å². The second-order valence-corrected chi connectivity index (χ2v) is 6.84. The molecule has 1 N–H and O–H groups in total. The van der Waals surface area contributed by atoms with Crippen LogP contribution in [0.5, 0.6) is 0 Å². The molecule has 11 heteroatoms. The third-order valence-electron chi connectivity index (χ3n) is 4.64. The van der Waals surface area contributed by atoms with Crippen molar-refractivity contribution in [3.63, 3.8) is 0 Å². The highest BCUT2D eigenvalue weighted by atomic mass is 19.1. The summed E-state index contributed by atoms with van der Waals surface area (Å²) in [6.07, 6.45) is 1.25. The fraction of sp³-hybridized carbons (Fsp3) is 0.143. The lowest BCUT2D eigenvalue weighted by atomic mass is 10.2. The van der Waals surface area contributed by atoms with Crippen molar-refractivity contribution in [1.82, 2.24) is 24.5 Å². The Balaban J connectivity index is 1.48. The Morgan fingerprint density at radius 3 is 2.50 bits per heavy atom. The molecule has 10 nitrogen and oxygen atoms in total. The maximum Gasteiger partial charge on any atom is 0.337 e. The highest BCUT2D eigenvalue weighted by molar-refractivity contribution is 5.93. The number of ether oxygens (including phenoxy) is 1. The van der Waals surface area contributed by atoms with Gasteiger partial charge in [0.1, 0.15) is 18.7 Å². The molecule has 4 aromatic rings. The van der Waals surface area contributed by atoms with Crippen LogP contribution in [-0.2, 0) is 22.6 Å². The van der Waals surface area contributed by atoms with Gasteiger partial charge in [-0.1, -0.05) is 17.3 Å². The molecule has 0 saturated heterocycles. The molecular formula is C21H17FN6O4. The average molecular weight is 436 g/mol. The van der Waals surface area contributed by atoms with Gasteiger partial charge in [0.25, 0.3) is 5.56 Å². The monoisotopic (exact) mass is 436 g/mol. The number of carbonyl (C=O) groups is 2. The lowest BCUT2D eigenvalue weighted by Gasteiger charge is -2.08. The first kappa shape index (κ1) is 20.8. The van der Waals surface area contributed by atoms with Gasteiger partial charge in [-0.05, 0) is 42.0 Å². The predicted octanol–water partition coefficient (Wildman–Crippen LogP) is 1.60. The Morgan fingerprint density at radius 2 is 1.81 bits per heavy atom. The van der Waals surface area contributed by atoms with Crippen LogP contribution < -0.4 is 10.9 Å². The molecule has 0 atom stereocenters. The van der Waals surface area contributed by atoms with E-state index in [9.17, 15) is 18.8 Å². The van der Waals surface area contributed by atoms with E-state index in [4.69, 9.17) is 0 Å². The number of anilines is 1. The zero-order valence-electron chi connectivity index (χ0n) is 16.9. The van der Waals surface area contributed by atoms with Gasteiger partial charge in [-0.3, -0.25) is 14.2 Å². The number of hydrogen-bond acceptors (Lipinski definition) is 7. The maximum absolute atomic E-state index is 13.1. The highest BCUT2D eigenvalue weighted by Gasteiger charge is 2.14. The molecule has 0 unspecified atom stereocenters. The van der Waals surface area contributed by atoms with Crippen LogP contribution in [0, 0.1) is 5.82 Å². The van der Waals surface area contributed by atoms with E-state index in [0.29, 0.717) is 11.3 Å². The minimum absolute atomic E-state index is 0.0184.